The molecule has 0 radical (unpaired) electrons. The van der Waals surface area contributed by atoms with Crippen molar-refractivity contribution in [3.8, 4) is 0 Å². The van der Waals surface area contributed by atoms with Gasteiger partial charge in [0.25, 0.3) is 0 Å². The standard InChI is InChI=1S/C15H10BrClFNS/c16-9(15-10(17)4-3-5-11(15)18)8-14-19-12-6-1-2-7-13(12)20-14/h1-7,9H,8H2. The monoisotopic (exact) mass is 369 g/mol. The first-order valence-electron chi connectivity index (χ1n) is 6.07. The van der Waals surface area contributed by atoms with E-state index in [9.17, 15) is 4.39 Å². The molecule has 0 amide bonds. The van der Waals surface area contributed by atoms with E-state index in [0.29, 0.717) is 17.0 Å². The Morgan fingerprint density at radius 3 is 2.75 bits per heavy atom. The zero-order valence-electron chi connectivity index (χ0n) is 10.3. The summed E-state index contributed by atoms with van der Waals surface area (Å²) in [4.78, 5) is 4.38. The van der Waals surface area contributed by atoms with E-state index in [4.69, 9.17) is 11.6 Å². The number of halogens is 3. The van der Waals surface area contributed by atoms with Crippen molar-refractivity contribution in [2.24, 2.45) is 0 Å². The summed E-state index contributed by atoms with van der Waals surface area (Å²) in [6.07, 6.45) is 0.611. The smallest absolute Gasteiger partial charge is 0.129 e. The number of nitrogens with zero attached hydrogens (tertiary/aromatic N) is 1. The van der Waals surface area contributed by atoms with Crippen LogP contribution in [0.4, 0.5) is 4.39 Å². The molecule has 0 saturated carbocycles. The van der Waals surface area contributed by atoms with E-state index in [1.807, 2.05) is 24.3 Å². The van der Waals surface area contributed by atoms with Crippen molar-refractivity contribution in [1.82, 2.24) is 4.98 Å². The fraction of sp³-hybridized carbons (Fsp3) is 0.133. The summed E-state index contributed by atoms with van der Waals surface area (Å²) in [5.74, 6) is -0.291. The van der Waals surface area contributed by atoms with E-state index in [1.165, 1.54) is 6.07 Å². The van der Waals surface area contributed by atoms with Crippen LogP contribution in [0.2, 0.25) is 5.02 Å². The van der Waals surface area contributed by atoms with Crippen molar-refractivity contribution in [1.29, 1.82) is 0 Å². The Morgan fingerprint density at radius 1 is 1.20 bits per heavy atom. The molecule has 20 heavy (non-hydrogen) atoms. The quantitative estimate of drug-likeness (QED) is 0.533. The first-order valence-corrected chi connectivity index (χ1v) is 8.18. The van der Waals surface area contributed by atoms with Gasteiger partial charge in [-0.2, -0.15) is 0 Å². The highest BCUT2D eigenvalue weighted by Gasteiger charge is 2.18. The minimum Gasteiger partial charge on any atom is -0.241 e. The molecular weight excluding hydrogens is 361 g/mol. The number of aromatic nitrogens is 1. The Balaban J connectivity index is 1.90. The van der Waals surface area contributed by atoms with E-state index in [-0.39, 0.29) is 10.6 Å². The van der Waals surface area contributed by atoms with E-state index in [1.54, 1.807) is 23.5 Å². The van der Waals surface area contributed by atoms with Gasteiger partial charge in [-0.3, -0.25) is 0 Å². The number of benzene rings is 2. The van der Waals surface area contributed by atoms with E-state index in [0.717, 1.165) is 15.2 Å². The van der Waals surface area contributed by atoms with Crippen molar-refractivity contribution in [2.75, 3.05) is 0 Å². The molecule has 1 atom stereocenters. The van der Waals surface area contributed by atoms with Crippen LogP contribution in [0.25, 0.3) is 10.2 Å². The molecule has 0 aliphatic carbocycles. The van der Waals surface area contributed by atoms with Gasteiger partial charge in [0.05, 0.1) is 20.1 Å². The molecule has 0 aliphatic rings. The Labute approximate surface area is 133 Å². The van der Waals surface area contributed by atoms with Crippen molar-refractivity contribution < 1.29 is 4.39 Å². The average molecular weight is 371 g/mol. The number of hydrogen-bond acceptors (Lipinski definition) is 2. The summed E-state index contributed by atoms with van der Waals surface area (Å²) in [6, 6.07) is 12.7. The fourth-order valence-electron chi connectivity index (χ4n) is 2.07. The van der Waals surface area contributed by atoms with Crippen LogP contribution >= 0.6 is 38.9 Å². The lowest BCUT2D eigenvalue weighted by Gasteiger charge is -2.11. The van der Waals surface area contributed by atoms with Gasteiger partial charge in [0.15, 0.2) is 0 Å². The SMILES string of the molecule is Fc1cccc(Cl)c1C(Br)Cc1nc2ccccc2s1. The lowest BCUT2D eigenvalue weighted by molar-refractivity contribution is 0.608. The molecule has 5 heteroatoms. The molecular formula is C15H10BrClFNS. The third-order valence-corrected chi connectivity index (χ3v) is 5.17. The van der Waals surface area contributed by atoms with Gasteiger partial charge in [0, 0.05) is 17.0 Å². The summed E-state index contributed by atoms with van der Waals surface area (Å²) in [5.41, 5.74) is 1.47. The normalized spacial score (nSPS) is 12.8. The molecule has 0 bridgehead atoms. The Kier molecular flexibility index (Phi) is 4.06. The topological polar surface area (TPSA) is 12.9 Å². The summed E-state index contributed by atoms with van der Waals surface area (Å²) in [6.45, 7) is 0. The van der Waals surface area contributed by atoms with Crippen LogP contribution in [0, 0.1) is 5.82 Å². The molecule has 1 unspecified atom stereocenters. The number of thiazole rings is 1. The molecule has 0 spiro atoms. The number of hydrogen-bond donors (Lipinski definition) is 0. The lowest BCUT2D eigenvalue weighted by Crippen LogP contribution is -1.99. The van der Waals surface area contributed by atoms with Crippen LogP contribution in [0.15, 0.2) is 42.5 Å². The molecule has 1 aromatic heterocycles. The molecule has 2 aromatic carbocycles. The van der Waals surface area contributed by atoms with Crippen molar-refractivity contribution in [3.63, 3.8) is 0 Å². The average Bonchev–Trinajstić information content (AvgIpc) is 2.80. The molecule has 0 N–H and O–H groups in total. The first kappa shape index (κ1) is 14.0. The molecule has 3 rings (SSSR count). The van der Waals surface area contributed by atoms with E-state index < -0.39 is 0 Å². The van der Waals surface area contributed by atoms with Gasteiger partial charge in [-0.05, 0) is 24.3 Å². The molecule has 0 saturated heterocycles. The second-order valence-corrected chi connectivity index (χ2v) is 7.01. The summed E-state index contributed by atoms with van der Waals surface area (Å²) >= 11 is 11.2. The fourth-order valence-corrected chi connectivity index (χ4v) is 4.50. The molecule has 3 aromatic rings. The van der Waals surface area contributed by atoms with E-state index >= 15 is 0 Å². The minimum atomic E-state index is -0.291. The molecule has 102 valence electrons. The van der Waals surface area contributed by atoms with Gasteiger partial charge in [0.2, 0.25) is 0 Å². The van der Waals surface area contributed by atoms with Crippen molar-refractivity contribution >= 4 is 49.1 Å². The predicted molar refractivity (Wildman–Crippen MR) is 86.4 cm³/mol. The Bertz CT molecular complexity index is 705. The Hall–Kier alpha value is -0.970. The third kappa shape index (κ3) is 2.73. The lowest BCUT2D eigenvalue weighted by atomic mass is 10.1. The van der Waals surface area contributed by atoms with Gasteiger partial charge in [0.1, 0.15) is 5.82 Å². The zero-order chi connectivity index (χ0) is 14.1. The maximum absolute atomic E-state index is 13.9. The van der Waals surface area contributed by atoms with Crippen LogP contribution in [-0.2, 0) is 6.42 Å². The molecule has 1 nitrogen and oxygen atoms in total. The number of fused-ring (bicyclic) bond motifs is 1. The Morgan fingerprint density at radius 2 is 2.00 bits per heavy atom. The van der Waals surface area contributed by atoms with Gasteiger partial charge < -0.3 is 0 Å². The summed E-state index contributed by atoms with van der Waals surface area (Å²) in [5, 5.41) is 1.40. The molecule has 1 heterocycles. The van der Waals surface area contributed by atoms with Crippen molar-refractivity contribution in [3.05, 3.63) is 63.9 Å². The van der Waals surface area contributed by atoms with Gasteiger partial charge >= 0.3 is 0 Å². The van der Waals surface area contributed by atoms with Crippen LogP contribution in [0.5, 0.6) is 0 Å². The summed E-state index contributed by atoms with van der Waals surface area (Å²) in [7, 11) is 0. The first-order chi connectivity index (χ1) is 9.65. The molecule has 0 fully saturated rings. The largest absolute Gasteiger partial charge is 0.241 e. The van der Waals surface area contributed by atoms with Crippen molar-refractivity contribution in [2.45, 2.75) is 11.2 Å². The maximum Gasteiger partial charge on any atom is 0.129 e. The molecule has 0 aliphatic heterocycles. The van der Waals surface area contributed by atoms with Gasteiger partial charge in [-0.25, -0.2) is 9.37 Å². The predicted octanol–water partition coefficient (Wildman–Crippen LogP) is 5.77. The number of alkyl halides is 1. The highest BCUT2D eigenvalue weighted by atomic mass is 79.9. The highest BCUT2D eigenvalue weighted by molar-refractivity contribution is 9.09. The highest BCUT2D eigenvalue weighted by Crippen LogP contribution is 2.35. The second kappa shape index (κ2) is 5.80. The van der Waals surface area contributed by atoms with E-state index in [2.05, 4.69) is 20.9 Å². The van der Waals surface area contributed by atoms with Crippen LogP contribution in [0.3, 0.4) is 0 Å². The van der Waals surface area contributed by atoms with Gasteiger partial charge in [-0.15, -0.1) is 11.3 Å². The van der Waals surface area contributed by atoms with Crippen LogP contribution in [-0.4, -0.2) is 4.98 Å². The zero-order valence-corrected chi connectivity index (χ0v) is 13.5. The maximum atomic E-state index is 13.9. The third-order valence-electron chi connectivity index (χ3n) is 3.00. The number of para-hydroxylation sites is 1. The minimum absolute atomic E-state index is 0.184. The second-order valence-electron chi connectivity index (χ2n) is 4.38. The van der Waals surface area contributed by atoms with Crippen LogP contribution < -0.4 is 0 Å². The van der Waals surface area contributed by atoms with Crippen LogP contribution in [0.1, 0.15) is 15.4 Å². The summed E-state index contributed by atoms with van der Waals surface area (Å²) < 4.78 is 15.0. The van der Waals surface area contributed by atoms with Gasteiger partial charge in [-0.1, -0.05) is 45.7 Å². The number of rotatable bonds is 3.